The van der Waals surface area contributed by atoms with Gasteiger partial charge in [0.1, 0.15) is 12.4 Å². The van der Waals surface area contributed by atoms with Crippen molar-refractivity contribution in [1.29, 1.82) is 0 Å². The van der Waals surface area contributed by atoms with E-state index in [-0.39, 0.29) is 18.6 Å². The second-order valence-corrected chi connectivity index (χ2v) is 3.52. The molecule has 5 heteroatoms. The zero-order valence-corrected chi connectivity index (χ0v) is 8.39. The highest BCUT2D eigenvalue weighted by molar-refractivity contribution is 5.78. The molecule has 2 N–H and O–H groups in total. The zero-order valence-electron chi connectivity index (χ0n) is 8.39. The van der Waals surface area contributed by atoms with Crippen LogP contribution in [0, 0.1) is 0 Å². The fourth-order valence-corrected chi connectivity index (χ4v) is 1.57. The van der Waals surface area contributed by atoms with Crippen LogP contribution >= 0.6 is 0 Å². The minimum atomic E-state index is -0.0577. The Balaban J connectivity index is 1.97. The molecule has 0 radical (unpaired) electrons. The molecular formula is C10H14N2O3. The molecular weight excluding hydrogens is 196 g/mol. The van der Waals surface area contributed by atoms with E-state index in [1.807, 2.05) is 6.07 Å². The molecule has 1 amide bonds. The highest BCUT2D eigenvalue weighted by Gasteiger charge is 2.25. The molecule has 0 aliphatic carbocycles. The van der Waals surface area contributed by atoms with Gasteiger partial charge in [-0.25, -0.2) is 0 Å². The van der Waals surface area contributed by atoms with Gasteiger partial charge in [0.25, 0.3) is 0 Å². The molecule has 1 aromatic heterocycles. The van der Waals surface area contributed by atoms with Crippen molar-refractivity contribution in [2.24, 2.45) is 5.73 Å². The van der Waals surface area contributed by atoms with E-state index in [9.17, 15) is 4.79 Å². The third kappa shape index (κ3) is 2.37. The van der Waals surface area contributed by atoms with Crippen molar-refractivity contribution < 1.29 is 13.9 Å². The van der Waals surface area contributed by atoms with Crippen molar-refractivity contribution in [1.82, 2.24) is 4.90 Å². The number of nitrogens with zero attached hydrogens (tertiary/aromatic N) is 1. The second-order valence-electron chi connectivity index (χ2n) is 3.52. The summed E-state index contributed by atoms with van der Waals surface area (Å²) in [5.41, 5.74) is 5.50. The molecule has 0 saturated carbocycles. The first-order valence-corrected chi connectivity index (χ1v) is 4.91. The topological polar surface area (TPSA) is 68.7 Å². The molecule has 1 atom stereocenters. The van der Waals surface area contributed by atoms with Crippen LogP contribution in [0.1, 0.15) is 5.76 Å². The smallest absolute Gasteiger partial charge is 0.249 e. The van der Waals surface area contributed by atoms with Crippen LogP contribution in [-0.2, 0) is 16.1 Å². The second kappa shape index (κ2) is 4.46. The number of hydrogen-bond donors (Lipinski definition) is 1. The van der Waals surface area contributed by atoms with Gasteiger partial charge in [0.15, 0.2) is 0 Å². The third-order valence-electron chi connectivity index (χ3n) is 2.41. The van der Waals surface area contributed by atoms with Gasteiger partial charge in [-0.05, 0) is 12.1 Å². The normalized spacial score (nSPS) is 22.1. The molecule has 15 heavy (non-hydrogen) atoms. The molecule has 5 nitrogen and oxygen atoms in total. The van der Waals surface area contributed by atoms with Crippen LogP contribution in [0.4, 0.5) is 0 Å². The van der Waals surface area contributed by atoms with E-state index >= 15 is 0 Å². The first-order chi connectivity index (χ1) is 7.29. The fourth-order valence-electron chi connectivity index (χ4n) is 1.57. The van der Waals surface area contributed by atoms with Gasteiger partial charge in [-0.1, -0.05) is 0 Å². The van der Waals surface area contributed by atoms with Crippen LogP contribution in [0.3, 0.4) is 0 Å². The number of nitrogens with two attached hydrogens (primary N) is 1. The largest absolute Gasteiger partial charge is 0.467 e. The quantitative estimate of drug-likeness (QED) is 0.760. The monoisotopic (exact) mass is 210 g/mol. The number of ether oxygens (including phenoxy) is 1. The van der Waals surface area contributed by atoms with Gasteiger partial charge in [0.05, 0.1) is 18.9 Å². The minimum Gasteiger partial charge on any atom is -0.467 e. The average Bonchev–Trinajstić information content (AvgIpc) is 2.74. The summed E-state index contributed by atoms with van der Waals surface area (Å²) >= 11 is 0. The summed E-state index contributed by atoms with van der Waals surface area (Å²) in [6.07, 6.45) is 1.54. The Hall–Kier alpha value is -1.33. The summed E-state index contributed by atoms with van der Waals surface area (Å²) in [6, 6.07) is 3.65. The van der Waals surface area contributed by atoms with Gasteiger partial charge in [-0.2, -0.15) is 0 Å². The molecule has 1 saturated heterocycles. The maximum atomic E-state index is 11.5. The van der Waals surface area contributed by atoms with E-state index in [0.717, 1.165) is 5.76 Å². The predicted octanol–water partition coefficient (Wildman–Crippen LogP) is -0.0343. The van der Waals surface area contributed by atoms with E-state index < -0.39 is 0 Å². The fraction of sp³-hybridized carbons (Fsp3) is 0.500. The highest BCUT2D eigenvalue weighted by atomic mass is 16.5. The van der Waals surface area contributed by atoms with E-state index in [1.165, 1.54) is 0 Å². The lowest BCUT2D eigenvalue weighted by molar-refractivity contribution is -0.149. The maximum Gasteiger partial charge on any atom is 0.249 e. The Morgan fingerprint density at radius 1 is 1.60 bits per heavy atom. The molecule has 0 bridgehead atoms. The lowest BCUT2D eigenvalue weighted by Crippen LogP contribution is -2.48. The summed E-state index contributed by atoms with van der Waals surface area (Å²) in [4.78, 5) is 13.2. The lowest BCUT2D eigenvalue weighted by atomic mass is 10.2. The lowest BCUT2D eigenvalue weighted by Gasteiger charge is -2.31. The SMILES string of the molecule is NCC1CN(Cc2ccco2)C(=O)CO1. The van der Waals surface area contributed by atoms with Crippen LogP contribution in [0.5, 0.6) is 0 Å². The first kappa shape index (κ1) is 10.2. The van der Waals surface area contributed by atoms with Crippen molar-refractivity contribution in [2.45, 2.75) is 12.6 Å². The Kier molecular flexibility index (Phi) is 3.03. The Morgan fingerprint density at radius 3 is 3.13 bits per heavy atom. The molecule has 2 rings (SSSR count). The Bertz CT molecular complexity index is 323. The van der Waals surface area contributed by atoms with Crippen LogP contribution in [0.25, 0.3) is 0 Å². The Morgan fingerprint density at radius 2 is 2.47 bits per heavy atom. The molecule has 1 aliphatic rings. The van der Waals surface area contributed by atoms with E-state index in [1.54, 1.807) is 17.2 Å². The highest BCUT2D eigenvalue weighted by Crippen LogP contribution is 2.11. The van der Waals surface area contributed by atoms with Gasteiger partial charge in [0, 0.05) is 13.1 Å². The zero-order chi connectivity index (χ0) is 10.7. The number of furan rings is 1. The van der Waals surface area contributed by atoms with Crippen molar-refractivity contribution >= 4 is 5.91 Å². The number of carbonyl (C=O) groups excluding carboxylic acids is 1. The van der Waals surface area contributed by atoms with Crippen molar-refractivity contribution in [3.8, 4) is 0 Å². The molecule has 1 fully saturated rings. The van der Waals surface area contributed by atoms with Gasteiger partial charge < -0.3 is 19.8 Å². The number of amides is 1. The first-order valence-electron chi connectivity index (χ1n) is 4.91. The molecule has 0 aromatic carbocycles. The van der Waals surface area contributed by atoms with Crippen LogP contribution < -0.4 is 5.73 Å². The van der Waals surface area contributed by atoms with Gasteiger partial charge in [-0.3, -0.25) is 4.79 Å². The minimum absolute atomic E-state index is 0.0175. The van der Waals surface area contributed by atoms with Crippen LogP contribution in [-0.4, -0.2) is 36.6 Å². The third-order valence-corrected chi connectivity index (χ3v) is 2.41. The number of rotatable bonds is 3. The summed E-state index contributed by atoms with van der Waals surface area (Å²) < 4.78 is 10.4. The maximum absolute atomic E-state index is 11.5. The summed E-state index contributed by atoms with van der Waals surface area (Å²) in [5, 5.41) is 0. The van der Waals surface area contributed by atoms with Crippen LogP contribution in [0.15, 0.2) is 22.8 Å². The van der Waals surface area contributed by atoms with E-state index in [2.05, 4.69) is 0 Å². The molecule has 82 valence electrons. The molecule has 1 unspecified atom stereocenters. The van der Waals surface area contributed by atoms with E-state index in [0.29, 0.717) is 19.6 Å². The molecule has 0 spiro atoms. The van der Waals surface area contributed by atoms with Crippen LogP contribution in [0.2, 0.25) is 0 Å². The molecule has 2 heterocycles. The standard InChI is InChI=1S/C10H14N2O3/c11-4-9-6-12(10(13)7-15-9)5-8-2-1-3-14-8/h1-3,9H,4-7,11H2. The number of carbonyl (C=O) groups is 1. The Labute approximate surface area is 87.8 Å². The van der Waals surface area contributed by atoms with Crippen molar-refractivity contribution in [3.05, 3.63) is 24.2 Å². The van der Waals surface area contributed by atoms with Gasteiger partial charge in [-0.15, -0.1) is 0 Å². The van der Waals surface area contributed by atoms with Gasteiger partial charge >= 0.3 is 0 Å². The van der Waals surface area contributed by atoms with Crippen molar-refractivity contribution in [3.63, 3.8) is 0 Å². The summed E-state index contributed by atoms with van der Waals surface area (Å²) in [6.45, 7) is 1.58. The number of morpholine rings is 1. The number of hydrogen-bond acceptors (Lipinski definition) is 4. The average molecular weight is 210 g/mol. The predicted molar refractivity (Wildman–Crippen MR) is 52.9 cm³/mol. The van der Waals surface area contributed by atoms with Gasteiger partial charge in [0.2, 0.25) is 5.91 Å². The molecule has 1 aromatic rings. The molecule has 1 aliphatic heterocycles. The van der Waals surface area contributed by atoms with Crippen molar-refractivity contribution in [2.75, 3.05) is 19.7 Å². The summed E-state index contributed by atoms with van der Waals surface area (Å²) in [5.74, 6) is 0.761. The summed E-state index contributed by atoms with van der Waals surface area (Å²) in [7, 11) is 0. The van der Waals surface area contributed by atoms with E-state index in [4.69, 9.17) is 14.9 Å².